The van der Waals surface area contributed by atoms with Gasteiger partial charge in [0.1, 0.15) is 5.70 Å². The van der Waals surface area contributed by atoms with Crippen molar-refractivity contribution in [2.75, 3.05) is 10.2 Å². The van der Waals surface area contributed by atoms with Crippen molar-refractivity contribution in [2.45, 2.75) is 20.8 Å². The summed E-state index contributed by atoms with van der Waals surface area (Å²) in [6, 6.07) is 18.0. The predicted molar refractivity (Wildman–Crippen MR) is 127 cm³/mol. The Morgan fingerprint density at radius 3 is 1.97 bits per heavy atom. The zero-order valence-electron chi connectivity index (χ0n) is 17.3. The Kier molecular flexibility index (Phi) is 5.61. The van der Waals surface area contributed by atoms with Gasteiger partial charge >= 0.3 is 0 Å². The second kappa shape index (κ2) is 8.22. The minimum absolute atomic E-state index is 0.230. The summed E-state index contributed by atoms with van der Waals surface area (Å²) in [5, 5.41) is 4.34. The summed E-state index contributed by atoms with van der Waals surface area (Å²) in [6.45, 7) is 5.68. The van der Waals surface area contributed by atoms with Crippen molar-refractivity contribution >= 4 is 52.0 Å². The van der Waals surface area contributed by atoms with Crippen LogP contribution in [0.3, 0.4) is 0 Å². The number of carbonyl (C=O) groups is 2. The number of amides is 2. The van der Waals surface area contributed by atoms with E-state index in [1.807, 2.05) is 45.0 Å². The highest BCUT2D eigenvalue weighted by Gasteiger charge is 2.40. The first kappa shape index (κ1) is 21.2. The number of aryl methyl sites for hydroxylation is 3. The lowest BCUT2D eigenvalue weighted by molar-refractivity contribution is -0.120. The van der Waals surface area contributed by atoms with E-state index in [2.05, 4.69) is 5.32 Å². The number of anilines is 2. The average molecular weight is 451 g/mol. The van der Waals surface area contributed by atoms with Gasteiger partial charge in [-0.2, -0.15) is 0 Å². The van der Waals surface area contributed by atoms with Crippen LogP contribution in [-0.4, -0.2) is 11.8 Å². The predicted octanol–water partition coefficient (Wildman–Crippen LogP) is 6.32. The lowest BCUT2D eigenvalue weighted by Gasteiger charge is -2.18. The molecule has 0 fully saturated rings. The number of benzene rings is 3. The average Bonchev–Trinajstić information content (AvgIpc) is 2.95. The van der Waals surface area contributed by atoms with Crippen molar-refractivity contribution < 1.29 is 9.59 Å². The van der Waals surface area contributed by atoms with Gasteiger partial charge in [0.2, 0.25) is 0 Å². The molecule has 0 saturated carbocycles. The highest BCUT2D eigenvalue weighted by atomic mass is 35.5. The number of halogens is 2. The number of hydrogen-bond donors (Lipinski definition) is 1. The summed E-state index contributed by atoms with van der Waals surface area (Å²) in [4.78, 5) is 28.2. The normalized spacial score (nSPS) is 13.9. The molecule has 0 atom stereocenters. The van der Waals surface area contributed by atoms with Crippen LogP contribution in [0.1, 0.15) is 22.3 Å². The lowest BCUT2D eigenvalue weighted by Crippen LogP contribution is -2.33. The van der Waals surface area contributed by atoms with Crippen LogP contribution in [-0.2, 0) is 9.59 Å². The smallest absolute Gasteiger partial charge is 0.282 e. The van der Waals surface area contributed by atoms with E-state index in [1.165, 1.54) is 4.90 Å². The maximum Gasteiger partial charge on any atom is 0.282 e. The highest BCUT2D eigenvalue weighted by Crippen LogP contribution is 2.36. The molecule has 4 nitrogen and oxygen atoms in total. The van der Waals surface area contributed by atoms with Gasteiger partial charge in [-0.05, 0) is 73.9 Å². The maximum atomic E-state index is 13.5. The van der Waals surface area contributed by atoms with Crippen molar-refractivity contribution in [3.8, 4) is 0 Å². The zero-order valence-corrected chi connectivity index (χ0v) is 18.8. The number of nitrogens with zero attached hydrogens (tertiary/aromatic N) is 1. The molecule has 6 heteroatoms. The van der Waals surface area contributed by atoms with Crippen LogP contribution in [0.2, 0.25) is 10.0 Å². The van der Waals surface area contributed by atoms with Gasteiger partial charge in [0.15, 0.2) is 0 Å². The Labute approximate surface area is 191 Å². The molecule has 0 unspecified atom stereocenters. The summed E-state index contributed by atoms with van der Waals surface area (Å²) in [6.07, 6.45) is 0. The van der Waals surface area contributed by atoms with Crippen LogP contribution in [0.5, 0.6) is 0 Å². The maximum absolute atomic E-state index is 13.5. The fraction of sp³-hybridized carbons (Fsp3) is 0.120. The molecule has 0 radical (unpaired) electrons. The molecule has 0 spiro atoms. The molecule has 3 aromatic rings. The summed E-state index contributed by atoms with van der Waals surface area (Å²) in [5.41, 5.74) is 5.11. The molecule has 0 aromatic heterocycles. The molecule has 4 rings (SSSR count). The van der Waals surface area contributed by atoms with E-state index in [0.29, 0.717) is 32.6 Å². The fourth-order valence-electron chi connectivity index (χ4n) is 3.62. The van der Waals surface area contributed by atoms with Crippen molar-refractivity contribution in [1.29, 1.82) is 0 Å². The Balaban J connectivity index is 1.85. The standard InChI is InChI=1S/C25H20Cl2N2O2/c1-14-4-6-17(7-5-14)22-23(28-20-10-8-18(26)12-15(20)2)25(31)29(24(22)30)21-11-9-19(27)13-16(21)3/h4-13,28H,1-3H3. The van der Waals surface area contributed by atoms with E-state index in [-0.39, 0.29) is 11.6 Å². The molecule has 1 heterocycles. The van der Waals surface area contributed by atoms with E-state index in [4.69, 9.17) is 23.2 Å². The van der Waals surface area contributed by atoms with E-state index in [1.54, 1.807) is 36.4 Å². The third-order valence-electron chi connectivity index (χ3n) is 5.27. The van der Waals surface area contributed by atoms with Crippen molar-refractivity contribution in [2.24, 2.45) is 0 Å². The highest BCUT2D eigenvalue weighted by molar-refractivity contribution is 6.46. The molecule has 3 aromatic carbocycles. The monoisotopic (exact) mass is 450 g/mol. The third kappa shape index (κ3) is 3.97. The summed E-state index contributed by atoms with van der Waals surface area (Å²) in [7, 11) is 0. The van der Waals surface area contributed by atoms with Crippen molar-refractivity contribution in [3.05, 3.63) is 98.7 Å². The summed E-state index contributed by atoms with van der Waals surface area (Å²) < 4.78 is 0. The van der Waals surface area contributed by atoms with Gasteiger partial charge in [0.25, 0.3) is 11.8 Å². The Morgan fingerprint density at radius 1 is 0.742 bits per heavy atom. The Bertz CT molecular complexity index is 1250. The molecule has 156 valence electrons. The SMILES string of the molecule is Cc1ccc(C2=C(Nc3ccc(Cl)cc3C)C(=O)N(c3ccc(Cl)cc3C)C2=O)cc1. The van der Waals surface area contributed by atoms with Gasteiger partial charge in [-0.3, -0.25) is 9.59 Å². The molecule has 1 aliphatic rings. The van der Waals surface area contributed by atoms with Crippen LogP contribution in [0.4, 0.5) is 11.4 Å². The molecular formula is C25H20Cl2N2O2. The second-order valence-electron chi connectivity index (χ2n) is 7.58. The number of imide groups is 1. The van der Waals surface area contributed by atoms with Crippen LogP contribution >= 0.6 is 23.2 Å². The van der Waals surface area contributed by atoms with E-state index < -0.39 is 5.91 Å². The molecule has 0 aliphatic carbocycles. The quantitative estimate of drug-likeness (QED) is 0.473. The zero-order chi connectivity index (χ0) is 22.3. The largest absolute Gasteiger partial charge is 0.350 e. The number of hydrogen-bond acceptors (Lipinski definition) is 3. The minimum atomic E-state index is -0.416. The van der Waals surface area contributed by atoms with Crippen LogP contribution in [0, 0.1) is 20.8 Å². The van der Waals surface area contributed by atoms with Gasteiger partial charge in [0, 0.05) is 15.7 Å². The molecule has 0 bridgehead atoms. The lowest BCUT2D eigenvalue weighted by atomic mass is 10.0. The summed E-state index contributed by atoms with van der Waals surface area (Å²) >= 11 is 12.2. The van der Waals surface area contributed by atoms with Crippen molar-refractivity contribution in [1.82, 2.24) is 0 Å². The first-order valence-electron chi connectivity index (χ1n) is 9.75. The molecule has 0 saturated heterocycles. The van der Waals surface area contributed by atoms with Gasteiger partial charge in [-0.25, -0.2) is 4.90 Å². The molecule has 1 aliphatic heterocycles. The van der Waals surface area contributed by atoms with Gasteiger partial charge < -0.3 is 5.32 Å². The van der Waals surface area contributed by atoms with Crippen molar-refractivity contribution in [3.63, 3.8) is 0 Å². The topological polar surface area (TPSA) is 49.4 Å². The number of carbonyl (C=O) groups excluding carboxylic acids is 2. The number of nitrogens with one attached hydrogen (secondary N) is 1. The molecule has 1 N–H and O–H groups in total. The van der Waals surface area contributed by atoms with Crippen LogP contribution in [0.25, 0.3) is 5.57 Å². The van der Waals surface area contributed by atoms with Crippen LogP contribution in [0.15, 0.2) is 66.4 Å². The van der Waals surface area contributed by atoms with E-state index in [9.17, 15) is 9.59 Å². The molecule has 2 amide bonds. The third-order valence-corrected chi connectivity index (χ3v) is 5.74. The van der Waals surface area contributed by atoms with Gasteiger partial charge in [-0.1, -0.05) is 53.0 Å². The fourth-order valence-corrected chi connectivity index (χ4v) is 4.08. The van der Waals surface area contributed by atoms with Gasteiger partial charge in [0.05, 0.1) is 11.3 Å². The minimum Gasteiger partial charge on any atom is -0.350 e. The Morgan fingerprint density at radius 2 is 1.35 bits per heavy atom. The van der Waals surface area contributed by atoms with E-state index >= 15 is 0 Å². The first-order valence-corrected chi connectivity index (χ1v) is 10.5. The van der Waals surface area contributed by atoms with E-state index in [0.717, 1.165) is 16.7 Å². The Hall–Kier alpha value is -3.08. The van der Waals surface area contributed by atoms with Crippen LogP contribution < -0.4 is 10.2 Å². The number of rotatable bonds is 4. The second-order valence-corrected chi connectivity index (χ2v) is 8.45. The molecular weight excluding hydrogens is 431 g/mol. The van der Waals surface area contributed by atoms with Gasteiger partial charge in [-0.15, -0.1) is 0 Å². The summed E-state index contributed by atoms with van der Waals surface area (Å²) in [5.74, 6) is -0.797. The first-order chi connectivity index (χ1) is 14.8. The molecule has 31 heavy (non-hydrogen) atoms.